The van der Waals surface area contributed by atoms with Crippen molar-refractivity contribution in [2.24, 2.45) is 0 Å². The zero-order valence-corrected chi connectivity index (χ0v) is 19.6. The number of carbonyl (C=O) groups is 1. The van der Waals surface area contributed by atoms with Crippen molar-refractivity contribution in [3.05, 3.63) is 101 Å². The van der Waals surface area contributed by atoms with Crippen molar-refractivity contribution in [3.8, 4) is 5.75 Å². The summed E-state index contributed by atoms with van der Waals surface area (Å²) in [5, 5.41) is 14.3. The summed E-state index contributed by atoms with van der Waals surface area (Å²) in [6.07, 6.45) is 2.52. The van der Waals surface area contributed by atoms with Crippen LogP contribution in [-0.2, 0) is 24.4 Å². The smallest absolute Gasteiger partial charge is 0.234 e. The lowest BCUT2D eigenvalue weighted by Crippen LogP contribution is -2.14. The highest BCUT2D eigenvalue weighted by Gasteiger charge is 2.14. The summed E-state index contributed by atoms with van der Waals surface area (Å²) in [7, 11) is 0. The van der Waals surface area contributed by atoms with E-state index < -0.39 is 0 Å². The third kappa shape index (κ3) is 6.57. The van der Waals surface area contributed by atoms with Gasteiger partial charge in [0.25, 0.3) is 0 Å². The van der Waals surface area contributed by atoms with Crippen LogP contribution in [0.4, 0.5) is 5.69 Å². The third-order valence-electron chi connectivity index (χ3n) is 4.74. The van der Waals surface area contributed by atoms with Crippen LogP contribution in [0.15, 0.2) is 89.9 Å². The van der Waals surface area contributed by atoms with Crippen LogP contribution in [0.3, 0.4) is 0 Å². The molecule has 8 heteroatoms. The van der Waals surface area contributed by atoms with Gasteiger partial charge >= 0.3 is 0 Å². The van der Waals surface area contributed by atoms with E-state index in [4.69, 9.17) is 4.74 Å². The first kappa shape index (κ1) is 22.8. The zero-order chi connectivity index (χ0) is 22.9. The molecule has 6 nitrogen and oxygen atoms in total. The van der Waals surface area contributed by atoms with Crippen molar-refractivity contribution in [1.82, 2.24) is 14.8 Å². The van der Waals surface area contributed by atoms with Gasteiger partial charge in [-0.2, -0.15) is 0 Å². The lowest BCUT2D eigenvalue weighted by atomic mass is 10.2. The highest BCUT2D eigenvalue weighted by molar-refractivity contribution is 7.99. The maximum Gasteiger partial charge on any atom is 0.234 e. The van der Waals surface area contributed by atoms with Gasteiger partial charge in [-0.3, -0.25) is 4.79 Å². The first-order valence-corrected chi connectivity index (χ1v) is 12.3. The van der Waals surface area contributed by atoms with Gasteiger partial charge in [0.05, 0.1) is 5.75 Å². The summed E-state index contributed by atoms with van der Waals surface area (Å²) < 4.78 is 7.79. The predicted molar refractivity (Wildman–Crippen MR) is 134 cm³/mol. The Bertz CT molecular complexity index is 1170. The number of ether oxygens (including phenoxy) is 1. The van der Waals surface area contributed by atoms with E-state index in [1.54, 1.807) is 11.3 Å². The molecule has 0 unspecified atom stereocenters. The number of rotatable bonds is 11. The van der Waals surface area contributed by atoms with Gasteiger partial charge in [0.2, 0.25) is 5.91 Å². The van der Waals surface area contributed by atoms with Gasteiger partial charge in [-0.25, -0.2) is 0 Å². The van der Waals surface area contributed by atoms with Gasteiger partial charge in [-0.05, 0) is 41.3 Å². The first-order valence-electron chi connectivity index (χ1n) is 10.5. The Balaban J connectivity index is 1.29. The second kappa shape index (κ2) is 11.5. The van der Waals surface area contributed by atoms with Gasteiger partial charge in [0.15, 0.2) is 5.16 Å². The van der Waals surface area contributed by atoms with Crippen LogP contribution in [-0.4, -0.2) is 26.4 Å². The summed E-state index contributed by atoms with van der Waals surface area (Å²) in [6.45, 7) is 4.93. The number of benzene rings is 2. The van der Waals surface area contributed by atoms with E-state index in [-0.39, 0.29) is 11.7 Å². The van der Waals surface area contributed by atoms with Crippen molar-refractivity contribution in [2.45, 2.75) is 24.7 Å². The molecule has 168 valence electrons. The predicted octanol–water partition coefficient (Wildman–Crippen LogP) is 5.43. The summed E-state index contributed by atoms with van der Waals surface area (Å²) in [6, 6.07) is 21.5. The minimum atomic E-state index is -0.106. The molecule has 0 saturated carbocycles. The summed E-state index contributed by atoms with van der Waals surface area (Å²) in [5.41, 5.74) is 1.83. The minimum Gasteiger partial charge on any atom is -0.489 e. The Kier molecular flexibility index (Phi) is 7.94. The van der Waals surface area contributed by atoms with Crippen LogP contribution in [0.1, 0.15) is 16.3 Å². The molecule has 0 bridgehead atoms. The number of aromatic nitrogens is 3. The number of amides is 1. The Morgan fingerprint density at radius 2 is 1.91 bits per heavy atom. The molecule has 0 saturated heterocycles. The summed E-state index contributed by atoms with van der Waals surface area (Å²) in [4.78, 5) is 13.7. The molecule has 0 radical (unpaired) electrons. The zero-order valence-electron chi connectivity index (χ0n) is 18.0. The molecule has 4 rings (SSSR count). The molecule has 33 heavy (non-hydrogen) atoms. The van der Waals surface area contributed by atoms with E-state index in [1.165, 1.54) is 16.6 Å². The molecule has 0 atom stereocenters. The maximum atomic E-state index is 12.5. The molecule has 1 N–H and O–H groups in total. The number of nitrogens with zero attached hydrogens (tertiary/aromatic N) is 3. The average Bonchev–Trinajstić information content (AvgIpc) is 3.49. The van der Waals surface area contributed by atoms with Crippen LogP contribution < -0.4 is 10.1 Å². The van der Waals surface area contributed by atoms with E-state index in [9.17, 15) is 4.79 Å². The molecular formula is C25H24N4O2S2. The number of anilines is 1. The largest absolute Gasteiger partial charge is 0.489 e. The molecule has 4 aromatic rings. The first-order chi connectivity index (χ1) is 16.2. The lowest BCUT2D eigenvalue weighted by Gasteiger charge is -2.09. The van der Waals surface area contributed by atoms with Gasteiger partial charge in [-0.1, -0.05) is 54.2 Å². The summed E-state index contributed by atoms with van der Waals surface area (Å²) in [5.74, 6) is 1.75. The molecule has 1 amide bonds. The molecular weight excluding hydrogens is 452 g/mol. The van der Waals surface area contributed by atoms with Gasteiger partial charge in [0, 0.05) is 23.5 Å². The fourth-order valence-electron chi connectivity index (χ4n) is 3.14. The third-order valence-corrected chi connectivity index (χ3v) is 6.58. The van der Waals surface area contributed by atoms with Crippen molar-refractivity contribution in [3.63, 3.8) is 0 Å². The quantitative estimate of drug-likeness (QED) is 0.231. The minimum absolute atomic E-state index is 0.106. The van der Waals surface area contributed by atoms with E-state index in [0.717, 1.165) is 22.8 Å². The number of carbonyl (C=O) groups excluding carboxylic acids is 1. The Hall–Kier alpha value is -3.36. The van der Waals surface area contributed by atoms with Crippen LogP contribution in [0.5, 0.6) is 5.75 Å². The molecule has 0 aliphatic rings. The summed E-state index contributed by atoms with van der Waals surface area (Å²) >= 11 is 3.05. The molecule has 2 aromatic heterocycles. The number of hydrogen-bond acceptors (Lipinski definition) is 6. The SMILES string of the molecule is C=CCn1c(Cc2cccs2)nnc1SCC(=O)Nc1ccc(OCc2ccccc2)cc1. The van der Waals surface area contributed by atoms with Crippen LogP contribution in [0.2, 0.25) is 0 Å². The van der Waals surface area contributed by atoms with E-state index in [1.807, 2.05) is 76.7 Å². The van der Waals surface area contributed by atoms with Gasteiger partial charge < -0.3 is 14.6 Å². The maximum absolute atomic E-state index is 12.5. The van der Waals surface area contributed by atoms with Gasteiger partial charge in [0.1, 0.15) is 18.2 Å². The van der Waals surface area contributed by atoms with E-state index in [2.05, 4.69) is 28.2 Å². The molecule has 0 spiro atoms. The van der Waals surface area contributed by atoms with Crippen LogP contribution in [0.25, 0.3) is 0 Å². The highest BCUT2D eigenvalue weighted by Crippen LogP contribution is 2.22. The lowest BCUT2D eigenvalue weighted by molar-refractivity contribution is -0.113. The van der Waals surface area contributed by atoms with Crippen molar-refractivity contribution in [2.75, 3.05) is 11.1 Å². The monoisotopic (exact) mass is 476 g/mol. The second-order valence-corrected chi connectivity index (χ2v) is 9.16. The van der Waals surface area contributed by atoms with Crippen molar-refractivity contribution in [1.29, 1.82) is 0 Å². The molecule has 0 aliphatic heterocycles. The average molecular weight is 477 g/mol. The number of nitrogens with one attached hydrogen (secondary N) is 1. The standard InChI is InChI=1S/C25H24N4O2S2/c1-2-14-29-23(16-22-9-6-15-32-22)27-28-25(29)33-18-24(30)26-20-10-12-21(13-11-20)31-17-19-7-4-3-5-8-19/h2-13,15H,1,14,16-18H2,(H,26,30). The van der Waals surface area contributed by atoms with Crippen LogP contribution in [0, 0.1) is 0 Å². The molecule has 0 fully saturated rings. The number of thiophene rings is 1. The fourth-order valence-corrected chi connectivity index (χ4v) is 4.61. The van der Waals surface area contributed by atoms with E-state index in [0.29, 0.717) is 24.7 Å². The fraction of sp³-hybridized carbons (Fsp3) is 0.160. The molecule has 2 heterocycles. The molecule has 2 aromatic carbocycles. The van der Waals surface area contributed by atoms with E-state index >= 15 is 0 Å². The van der Waals surface area contributed by atoms with Crippen molar-refractivity contribution >= 4 is 34.7 Å². The Morgan fingerprint density at radius 1 is 1.09 bits per heavy atom. The molecule has 0 aliphatic carbocycles. The topological polar surface area (TPSA) is 69.0 Å². The Morgan fingerprint density at radius 3 is 2.64 bits per heavy atom. The number of thioether (sulfide) groups is 1. The highest BCUT2D eigenvalue weighted by atomic mass is 32.2. The second-order valence-electron chi connectivity index (χ2n) is 7.19. The van der Waals surface area contributed by atoms with Gasteiger partial charge in [-0.15, -0.1) is 28.1 Å². The number of allylic oxidation sites excluding steroid dienone is 1. The van der Waals surface area contributed by atoms with Crippen LogP contribution >= 0.6 is 23.1 Å². The van der Waals surface area contributed by atoms with Crippen molar-refractivity contribution < 1.29 is 9.53 Å². The Labute approximate surface area is 201 Å². The normalized spacial score (nSPS) is 10.7. The number of hydrogen-bond donors (Lipinski definition) is 1.